The molecule has 1 aromatic heterocycles. The minimum atomic E-state index is 0.285. The highest BCUT2D eigenvalue weighted by Gasteiger charge is 2.19. The second kappa shape index (κ2) is 11.7. The van der Waals surface area contributed by atoms with Gasteiger partial charge in [0.15, 0.2) is 11.5 Å². The van der Waals surface area contributed by atoms with Crippen LogP contribution >= 0.6 is 0 Å². The van der Waals surface area contributed by atoms with Crippen LogP contribution in [0.15, 0.2) is 83.4 Å². The summed E-state index contributed by atoms with van der Waals surface area (Å²) in [6, 6.07) is 27.2. The summed E-state index contributed by atoms with van der Waals surface area (Å²) in [5, 5.41) is 4.45. The van der Waals surface area contributed by atoms with E-state index in [1.54, 1.807) is 0 Å². The zero-order chi connectivity index (χ0) is 25.6. The van der Waals surface area contributed by atoms with Crippen molar-refractivity contribution in [3.63, 3.8) is 0 Å². The molecule has 0 atom stereocenters. The number of hydrogen-bond donors (Lipinski definition) is 0. The Balaban J connectivity index is 1.18. The van der Waals surface area contributed by atoms with E-state index in [2.05, 4.69) is 81.7 Å². The molecule has 1 saturated heterocycles. The lowest BCUT2D eigenvalue weighted by atomic mass is 10.0. The molecule has 0 aliphatic carbocycles. The maximum absolute atomic E-state index is 5.93. The van der Waals surface area contributed by atoms with Crippen molar-refractivity contribution in [2.45, 2.75) is 38.6 Å². The van der Waals surface area contributed by atoms with E-state index in [1.165, 1.54) is 49.9 Å². The van der Waals surface area contributed by atoms with Gasteiger partial charge in [0.1, 0.15) is 5.69 Å². The predicted octanol–water partition coefficient (Wildman–Crippen LogP) is 7.01. The van der Waals surface area contributed by atoms with Crippen LogP contribution in [0, 0.1) is 0 Å². The van der Waals surface area contributed by atoms with Crippen molar-refractivity contribution >= 4 is 5.88 Å². The van der Waals surface area contributed by atoms with Gasteiger partial charge in [0, 0.05) is 24.7 Å². The molecule has 0 N–H and O–H groups in total. The molecule has 196 valence electrons. The Bertz CT molecular complexity index is 1310. The predicted molar refractivity (Wildman–Crippen MR) is 151 cm³/mol. The van der Waals surface area contributed by atoms with Gasteiger partial charge < -0.3 is 23.8 Å². The lowest BCUT2D eigenvalue weighted by Crippen LogP contribution is -2.30. The summed E-state index contributed by atoms with van der Waals surface area (Å²) in [7, 11) is 0. The van der Waals surface area contributed by atoms with E-state index in [4.69, 9.17) is 14.0 Å². The number of benzene rings is 3. The van der Waals surface area contributed by atoms with Crippen LogP contribution in [0.25, 0.3) is 22.4 Å². The van der Waals surface area contributed by atoms with Crippen LogP contribution in [0.2, 0.25) is 0 Å². The molecule has 4 aromatic rings. The molecule has 0 amide bonds. The Morgan fingerprint density at radius 3 is 2.29 bits per heavy atom. The third-order valence-electron chi connectivity index (χ3n) is 7.51. The Morgan fingerprint density at radius 2 is 1.47 bits per heavy atom. The van der Waals surface area contributed by atoms with E-state index >= 15 is 0 Å². The maximum Gasteiger partial charge on any atom is 0.231 e. The molecular formula is C32H35N3O3. The number of ether oxygens (including phenoxy) is 2. The molecule has 0 unspecified atom stereocenters. The molecule has 6 rings (SSSR count). The van der Waals surface area contributed by atoms with Gasteiger partial charge in [-0.3, -0.25) is 0 Å². The average Bonchev–Trinajstić information content (AvgIpc) is 3.57. The van der Waals surface area contributed by atoms with E-state index in [0.29, 0.717) is 0 Å². The van der Waals surface area contributed by atoms with E-state index in [1.807, 2.05) is 12.1 Å². The van der Waals surface area contributed by atoms with E-state index in [9.17, 15) is 0 Å². The quantitative estimate of drug-likeness (QED) is 0.242. The van der Waals surface area contributed by atoms with Gasteiger partial charge in [0.2, 0.25) is 12.7 Å². The standard InChI is InChI=1S/C32H35N3O3/c1-2-7-18-34(17-6-1)19-8-20-35(23-25-11-16-30-31(21-25)37-24-36-30)32-22-29(33-38-32)28-14-12-27(13-15-28)26-9-4-3-5-10-26/h3-5,9-16,21-22H,1-2,6-8,17-20,23-24H2. The zero-order valence-electron chi connectivity index (χ0n) is 21.9. The lowest BCUT2D eigenvalue weighted by molar-refractivity contribution is 0.174. The summed E-state index contributed by atoms with van der Waals surface area (Å²) >= 11 is 0. The summed E-state index contributed by atoms with van der Waals surface area (Å²) in [6.45, 7) is 5.44. The van der Waals surface area contributed by atoms with Crippen LogP contribution in [0.1, 0.15) is 37.7 Å². The SMILES string of the molecule is c1ccc(-c2ccc(-c3cc(N(CCCN4CCCCCC4)Cc4ccc5c(c4)OCO5)on3)cc2)cc1. The minimum absolute atomic E-state index is 0.285. The van der Waals surface area contributed by atoms with Gasteiger partial charge >= 0.3 is 0 Å². The van der Waals surface area contributed by atoms with Crippen molar-refractivity contribution in [2.24, 2.45) is 0 Å². The summed E-state index contributed by atoms with van der Waals surface area (Å²) in [6.07, 6.45) is 6.43. The van der Waals surface area contributed by atoms with Crippen LogP contribution < -0.4 is 14.4 Å². The van der Waals surface area contributed by atoms with Crippen molar-refractivity contribution in [2.75, 3.05) is 37.9 Å². The Hall–Kier alpha value is -3.77. The second-order valence-electron chi connectivity index (χ2n) is 10.2. The topological polar surface area (TPSA) is 51.0 Å². The van der Waals surface area contributed by atoms with Gasteiger partial charge in [-0.2, -0.15) is 0 Å². The number of fused-ring (bicyclic) bond motifs is 1. The van der Waals surface area contributed by atoms with Gasteiger partial charge in [0.05, 0.1) is 0 Å². The largest absolute Gasteiger partial charge is 0.454 e. The third-order valence-corrected chi connectivity index (χ3v) is 7.51. The fourth-order valence-electron chi connectivity index (χ4n) is 5.39. The molecule has 2 aliphatic heterocycles. The fourth-order valence-corrected chi connectivity index (χ4v) is 5.39. The molecule has 6 nitrogen and oxygen atoms in total. The average molecular weight is 510 g/mol. The highest BCUT2D eigenvalue weighted by molar-refractivity contribution is 5.69. The van der Waals surface area contributed by atoms with Crippen molar-refractivity contribution in [1.29, 1.82) is 0 Å². The van der Waals surface area contributed by atoms with Crippen molar-refractivity contribution < 1.29 is 14.0 Å². The van der Waals surface area contributed by atoms with Crippen LogP contribution in [-0.4, -0.2) is 43.0 Å². The Kier molecular flexibility index (Phi) is 7.59. The molecule has 3 aromatic carbocycles. The van der Waals surface area contributed by atoms with Gasteiger partial charge in [-0.25, -0.2) is 0 Å². The number of hydrogen-bond acceptors (Lipinski definition) is 6. The summed E-state index contributed by atoms with van der Waals surface area (Å²) in [4.78, 5) is 4.91. The van der Waals surface area contributed by atoms with Crippen LogP contribution in [-0.2, 0) is 6.54 Å². The van der Waals surface area contributed by atoms with Crippen LogP contribution in [0.5, 0.6) is 11.5 Å². The first-order valence-corrected chi connectivity index (χ1v) is 13.8. The first-order valence-electron chi connectivity index (χ1n) is 13.8. The molecule has 2 aliphatic rings. The van der Waals surface area contributed by atoms with Crippen molar-refractivity contribution in [3.05, 3.63) is 84.4 Å². The van der Waals surface area contributed by atoms with Gasteiger partial charge in [-0.1, -0.05) is 78.7 Å². The first kappa shape index (κ1) is 24.6. The number of nitrogens with zero attached hydrogens (tertiary/aromatic N) is 3. The van der Waals surface area contributed by atoms with E-state index in [0.717, 1.165) is 60.3 Å². The third kappa shape index (κ3) is 5.86. The molecule has 3 heterocycles. The summed E-state index contributed by atoms with van der Waals surface area (Å²) in [5.41, 5.74) is 5.46. The van der Waals surface area contributed by atoms with Crippen molar-refractivity contribution in [1.82, 2.24) is 10.1 Å². The van der Waals surface area contributed by atoms with Crippen molar-refractivity contribution in [3.8, 4) is 33.9 Å². The normalized spacial score (nSPS) is 15.4. The molecule has 0 radical (unpaired) electrons. The second-order valence-corrected chi connectivity index (χ2v) is 10.2. The molecule has 0 spiro atoms. The van der Waals surface area contributed by atoms with Gasteiger partial charge in [0.25, 0.3) is 0 Å². The zero-order valence-corrected chi connectivity index (χ0v) is 21.9. The highest BCUT2D eigenvalue weighted by atomic mass is 16.7. The van der Waals surface area contributed by atoms with E-state index < -0.39 is 0 Å². The molecular weight excluding hydrogens is 474 g/mol. The van der Waals surface area contributed by atoms with Gasteiger partial charge in [-0.15, -0.1) is 0 Å². The monoisotopic (exact) mass is 509 g/mol. The molecule has 0 bridgehead atoms. The number of likely N-dealkylation sites (tertiary alicyclic amines) is 1. The summed E-state index contributed by atoms with van der Waals surface area (Å²) in [5.74, 6) is 2.41. The van der Waals surface area contributed by atoms with Crippen LogP contribution in [0.4, 0.5) is 5.88 Å². The van der Waals surface area contributed by atoms with Gasteiger partial charge in [-0.05, 0) is 67.7 Å². The molecule has 0 saturated carbocycles. The summed E-state index contributed by atoms with van der Waals surface area (Å²) < 4.78 is 17.1. The molecule has 6 heteroatoms. The first-order chi connectivity index (χ1) is 18.8. The minimum Gasteiger partial charge on any atom is -0.454 e. The fraction of sp³-hybridized carbons (Fsp3) is 0.344. The Morgan fingerprint density at radius 1 is 0.737 bits per heavy atom. The molecule has 1 fully saturated rings. The number of aromatic nitrogens is 1. The van der Waals surface area contributed by atoms with Crippen LogP contribution in [0.3, 0.4) is 0 Å². The number of anilines is 1. The Labute approximate surface area is 224 Å². The van der Waals surface area contributed by atoms with E-state index in [-0.39, 0.29) is 6.79 Å². The number of rotatable bonds is 9. The molecule has 38 heavy (non-hydrogen) atoms. The lowest BCUT2D eigenvalue weighted by Gasteiger charge is -2.24. The highest BCUT2D eigenvalue weighted by Crippen LogP contribution is 2.34. The maximum atomic E-state index is 5.93. The smallest absolute Gasteiger partial charge is 0.231 e.